The van der Waals surface area contributed by atoms with Crippen LogP contribution in [0.25, 0.3) is 0 Å². The van der Waals surface area contributed by atoms with E-state index in [1.54, 1.807) is 0 Å². The molecule has 0 saturated heterocycles. The molecule has 0 unspecified atom stereocenters. The number of carboxylic acids is 1. The van der Waals surface area contributed by atoms with Crippen LogP contribution in [0.4, 0.5) is 5.69 Å². The molecule has 0 amide bonds. The largest absolute Gasteiger partial charge is 0.478 e. The molecule has 4 nitrogen and oxygen atoms in total. The molecule has 0 atom stereocenters. The number of halogens is 1. The number of aromatic nitrogens is 1. The average Bonchev–Trinajstić information content (AvgIpc) is 1.88. The zero-order chi connectivity index (χ0) is 7.56. The van der Waals surface area contributed by atoms with Crippen molar-refractivity contribution < 1.29 is 9.90 Å². The van der Waals surface area contributed by atoms with Crippen LogP contribution in [0.1, 0.15) is 10.4 Å². The molecule has 11 heavy (non-hydrogen) atoms. The van der Waals surface area contributed by atoms with E-state index in [0.717, 1.165) is 0 Å². The maximum absolute atomic E-state index is 10.3. The van der Waals surface area contributed by atoms with Crippen molar-refractivity contribution in [1.29, 1.82) is 0 Å². The van der Waals surface area contributed by atoms with Gasteiger partial charge in [-0.05, 0) is 6.07 Å². The highest BCUT2D eigenvalue weighted by atomic mass is 79.9. The quantitative estimate of drug-likeness (QED) is 0.736. The normalized spacial score (nSPS) is 8.36. The first-order chi connectivity index (χ1) is 4.72. The third-order valence-corrected chi connectivity index (χ3v) is 1.08. The molecule has 0 spiro atoms. The van der Waals surface area contributed by atoms with Crippen LogP contribution < -0.4 is 5.73 Å². The fourth-order valence-corrected chi connectivity index (χ4v) is 0.601. The van der Waals surface area contributed by atoms with Crippen LogP contribution in [0.3, 0.4) is 0 Å². The number of rotatable bonds is 1. The van der Waals surface area contributed by atoms with Crippen molar-refractivity contribution in [1.82, 2.24) is 4.98 Å². The molecule has 0 aliphatic carbocycles. The zero-order valence-electron chi connectivity index (χ0n) is 5.52. The van der Waals surface area contributed by atoms with Gasteiger partial charge in [0.2, 0.25) is 0 Å². The lowest BCUT2D eigenvalue weighted by Gasteiger charge is -1.95. The molecule has 0 saturated carbocycles. The van der Waals surface area contributed by atoms with Gasteiger partial charge in [-0.25, -0.2) is 4.79 Å². The summed E-state index contributed by atoms with van der Waals surface area (Å²) in [7, 11) is 0. The fourth-order valence-electron chi connectivity index (χ4n) is 0.601. The fraction of sp³-hybridized carbons (Fsp3) is 0. The number of hydrogen-bond acceptors (Lipinski definition) is 3. The number of carbonyl (C=O) groups is 1. The second kappa shape index (κ2) is 3.92. The van der Waals surface area contributed by atoms with E-state index >= 15 is 0 Å². The Hall–Kier alpha value is -1.10. The summed E-state index contributed by atoms with van der Waals surface area (Å²) in [6.07, 6.45) is 2.70. The molecule has 1 aromatic rings. The van der Waals surface area contributed by atoms with Crippen LogP contribution >= 0.6 is 17.0 Å². The van der Waals surface area contributed by atoms with Crippen molar-refractivity contribution >= 4 is 28.6 Å². The summed E-state index contributed by atoms with van der Waals surface area (Å²) in [5.74, 6) is -1.03. The van der Waals surface area contributed by atoms with Crippen molar-refractivity contribution in [2.45, 2.75) is 0 Å². The van der Waals surface area contributed by atoms with Gasteiger partial charge >= 0.3 is 5.97 Å². The molecule has 60 valence electrons. The van der Waals surface area contributed by atoms with Crippen molar-refractivity contribution in [3.63, 3.8) is 0 Å². The van der Waals surface area contributed by atoms with Crippen LogP contribution in [0.15, 0.2) is 18.5 Å². The minimum Gasteiger partial charge on any atom is -0.478 e. The number of carboxylic acid groups (broad SMARTS) is 1. The lowest BCUT2D eigenvalue weighted by Crippen LogP contribution is -2.01. The number of anilines is 1. The summed E-state index contributed by atoms with van der Waals surface area (Å²) in [6.45, 7) is 0. The van der Waals surface area contributed by atoms with Crippen LogP contribution in [0.5, 0.6) is 0 Å². The van der Waals surface area contributed by atoms with Crippen LogP contribution in [0.2, 0.25) is 0 Å². The van der Waals surface area contributed by atoms with E-state index in [1.165, 1.54) is 18.5 Å². The monoisotopic (exact) mass is 218 g/mol. The van der Waals surface area contributed by atoms with Gasteiger partial charge in [0, 0.05) is 6.20 Å². The van der Waals surface area contributed by atoms with E-state index in [9.17, 15) is 4.79 Å². The molecule has 3 N–H and O–H groups in total. The Morgan fingerprint density at radius 2 is 2.27 bits per heavy atom. The smallest absolute Gasteiger partial charge is 0.337 e. The minimum absolute atomic E-state index is 0. The first-order valence-electron chi connectivity index (χ1n) is 2.64. The summed E-state index contributed by atoms with van der Waals surface area (Å²) in [5.41, 5.74) is 5.56. The molecule has 1 rings (SSSR count). The lowest BCUT2D eigenvalue weighted by atomic mass is 10.2. The maximum Gasteiger partial charge on any atom is 0.337 e. The van der Waals surface area contributed by atoms with Gasteiger partial charge in [-0.1, -0.05) is 0 Å². The van der Waals surface area contributed by atoms with Crippen molar-refractivity contribution in [3.8, 4) is 0 Å². The number of pyridine rings is 1. The summed E-state index contributed by atoms with van der Waals surface area (Å²) in [4.78, 5) is 14.0. The maximum atomic E-state index is 10.3. The van der Waals surface area contributed by atoms with Gasteiger partial charge < -0.3 is 10.8 Å². The van der Waals surface area contributed by atoms with Crippen molar-refractivity contribution in [3.05, 3.63) is 24.0 Å². The highest BCUT2D eigenvalue weighted by Crippen LogP contribution is 2.06. The van der Waals surface area contributed by atoms with Gasteiger partial charge in [-0.15, -0.1) is 17.0 Å². The van der Waals surface area contributed by atoms with Gasteiger partial charge in [0.25, 0.3) is 0 Å². The van der Waals surface area contributed by atoms with Crippen molar-refractivity contribution in [2.75, 3.05) is 5.73 Å². The van der Waals surface area contributed by atoms with Gasteiger partial charge in [0.05, 0.1) is 17.4 Å². The average molecular weight is 219 g/mol. The molecule has 0 aliphatic heterocycles. The predicted octanol–water partition coefficient (Wildman–Crippen LogP) is 0.940. The molecular weight excluding hydrogens is 212 g/mol. The Kier molecular flexibility index (Phi) is 3.53. The first-order valence-corrected chi connectivity index (χ1v) is 2.64. The third kappa shape index (κ3) is 2.19. The van der Waals surface area contributed by atoms with Gasteiger partial charge in [-0.3, -0.25) is 4.98 Å². The summed E-state index contributed by atoms with van der Waals surface area (Å²) < 4.78 is 0. The highest BCUT2D eigenvalue weighted by Gasteiger charge is 2.04. The molecule has 0 bridgehead atoms. The van der Waals surface area contributed by atoms with Crippen LogP contribution in [-0.4, -0.2) is 16.1 Å². The molecular formula is C6H7BrN2O2. The Morgan fingerprint density at radius 1 is 1.64 bits per heavy atom. The standard InChI is InChI=1S/C6H6N2O2.BrH/c7-5-3-8-2-1-4(5)6(9)10;/h1-3H,7H2,(H,9,10);1H. The van der Waals surface area contributed by atoms with Crippen molar-refractivity contribution in [2.24, 2.45) is 0 Å². The Bertz CT molecular complexity index is 265. The van der Waals surface area contributed by atoms with E-state index in [1.807, 2.05) is 0 Å². The number of hydrogen-bond donors (Lipinski definition) is 2. The number of nitrogen functional groups attached to an aromatic ring is 1. The topological polar surface area (TPSA) is 76.2 Å². The molecule has 0 radical (unpaired) electrons. The summed E-state index contributed by atoms with van der Waals surface area (Å²) >= 11 is 0. The second-order valence-electron chi connectivity index (χ2n) is 1.77. The number of aromatic carboxylic acids is 1. The zero-order valence-corrected chi connectivity index (χ0v) is 7.23. The molecule has 0 aromatic carbocycles. The van der Waals surface area contributed by atoms with Gasteiger partial charge in [-0.2, -0.15) is 0 Å². The van der Waals surface area contributed by atoms with Crippen LogP contribution in [-0.2, 0) is 0 Å². The Balaban J connectivity index is 0.000001000. The molecule has 1 aromatic heterocycles. The molecule has 0 fully saturated rings. The van der Waals surface area contributed by atoms with E-state index in [0.29, 0.717) is 0 Å². The van der Waals surface area contributed by atoms with E-state index in [-0.39, 0.29) is 28.2 Å². The SMILES string of the molecule is Br.Nc1cnccc1C(=O)O. The van der Waals surface area contributed by atoms with Gasteiger partial charge in [0.1, 0.15) is 0 Å². The summed E-state index contributed by atoms with van der Waals surface area (Å²) in [6, 6.07) is 1.36. The van der Waals surface area contributed by atoms with E-state index in [2.05, 4.69) is 4.98 Å². The van der Waals surface area contributed by atoms with E-state index < -0.39 is 5.97 Å². The number of nitrogens with two attached hydrogens (primary N) is 1. The Labute approximate surface area is 73.8 Å². The van der Waals surface area contributed by atoms with Gasteiger partial charge in [0.15, 0.2) is 0 Å². The summed E-state index contributed by atoms with van der Waals surface area (Å²) in [5, 5.41) is 8.46. The Morgan fingerprint density at radius 3 is 2.64 bits per heavy atom. The highest BCUT2D eigenvalue weighted by molar-refractivity contribution is 8.93. The second-order valence-corrected chi connectivity index (χ2v) is 1.77. The molecule has 0 aliphatic rings. The predicted molar refractivity (Wildman–Crippen MR) is 45.9 cm³/mol. The van der Waals surface area contributed by atoms with E-state index in [4.69, 9.17) is 10.8 Å². The lowest BCUT2D eigenvalue weighted by molar-refractivity contribution is 0.0698. The minimum atomic E-state index is -1.03. The molecule has 1 heterocycles. The molecule has 5 heteroatoms. The first kappa shape index (κ1) is 9.90. The number of nitrogens with zero attached hydrogens (tertiary/aromatic N) is 1. The van der Waals surface area contributed by atoms with Crippen LogP contribution in [0, 0.1) is 0 Å². The third-order valence-electron chi connectivity index (χ3n) is 1.08.